The summed E-state index contributed by atoms with van der Waals surface area (Å²) in [5.41, 5.74) is 0.864. The zero-order valence-corrected chi connectivity index (χ0v) is 11.4. The van der Waals surface area contributed by atoms with Crippen molar-refractivity contribution in [3.63, 3.8) is 0 Å². The second-order valence-corrected chi connectivity index (χ2v) is 4.02. The molecule has 0 aliphatic heterocycles. The molecule has 1 aromatic carbocycles. The lowest BCUT2D eigenvalue weighted by Gasteiger charge is -2.12. The van der Waals surface area contributed by atoms with E-state index in [1.54, 1.807) is 26.4 Å². The van der Waals surface area contributed by atoms with Crippen molar-refractivity contribution < 1.29 is 27.4 Å². The summed E-state index contributed by atoms with van der Waals surface area (Å²) in [6, 6.07) is 5.35. The number of rotatable bonds is 8. The van der Waals surface area contributed by atoms with Gasteiger partial charge in [-0.25, -0.2) is 0 Å². The zero-order chi connectivity index (χ0) is 15.0. The van der Waals surface area contributed by atoms with Crippen LogP contribution in [0.25, 0.3) is 0 Å². The lowest BCUT2D eigenvalue weighted by Crippen LogP contribution is -2.23. The Kier molecular flexibility index (Phi) is 6.60. The van der Waals surface area contributed by atoms with Crippen molar-refractivity contribution >= 4 is 0 Å². The van der Waals surface area contributed by atoms with Crippen molar-refractivity contribution in [2.45, 2.75) is 12.7 Å². The molecule has 0 bridgehead atoms. The highest BCUT2D eigenvalue weighted by molar-refractivity contribution is 5.40. The largest absolute Gasteiger partial charge is 0.497 e. The molecule has 4 nitrogen and oxygen atoms in total. The first-order chi connectivity index (χ1) is 9.46. The second kappa shape index (κ2) is 7.96. The molecular formula is C13H18F3NO3. The van der Waals surface area contributed by atoms with Crippen molar-refractivity contribution in [2.24, 2.45) is 0 Å². The van der Waals surface area contributed by atoms with Gasteiger partial charge in [0.2, 0.25) is 0 Å². The molecule has 0 aliphatic carbocycles. The Morgan fingerprint density at radius 3 is 2.50 bits per heavy atom. The molecule has 7 heteroatoms. The Hall–Kier alpha value is -1.47. The van der Waals surface area contributed by atoms with E-state index in [2.05, 4.69) is 10.1 Å². The van der Waals surface area contributed by atoms with Gasteiger partial charge in [0.1, 0.15) is 18.1 Å². The first-order valence-electron chi connectivity index (χ1n) is 6.02. The van der Waals surface area contributed by atoms with Crippen LogP contribution in [-0.2, 0) is 11.3 Å². The summed E-state index contributed by atoms with van der Waals surface area (Å²) in [7, 11) is 3.11. The average Bonchev–Trinajstić information content (AvgIpc) is 2.41. The Labute approximate surface area is 115 Å². The van der Waals surface area contributed by atoms with Crippen LogP contribution < -0.4 is 14.8 Å². The zero-order valence-electron chi connectivity index (χ0n) is 11.4. The van der Waals surface area contributed by atoms with E-state index in [9.17, 15) is 13.2 Å². The molecule has 0 saturated heterocycles. The number of benzene rings is 1. The third-order valence-electron chi connectivity index (χ3n) is 2.49. The van der Waals surface area contributed by atoms with E-state index in [1.165, 1.54) is 0 Å². The molecule has 0 aromatic heterocycles. The fraction of sp³-hybridized carbons (Fsp3) is 0.538. The number of hydrogen-bond acceptors (Lipinski definition) is 4. The molecule has 0 heterocycles. The van der Waals surface area contributed by atoms with Crippen molar-refractivity contribution in [2.75, 3.05) is 34.0 Å². The third kappa shape index (κ3) is 6.12. The van der Waals surface area contributed by atoms with E-state index >= 15 is 0 Å². The van der Waals surface area contributed by atoms with Crippen LogP contribution in [0.1, 0.15) is 5.56 Å². The van der Waals surface area contributed by atoms with Crippen LogP contribution in [0.15, 0.2) is 18.2 Å². The predicted molar refractivity (Wildman–Crippen MR) is 68.1 cm³/mol. The summed E-state index contributed by atoms with van der Waals surface area (Å²) >= 11 is 0. The monoisotopic (exact) mass is 293 g/mol. The quantitative estimate of drug-likeness (QED) is 0.747. The lowest BCUT2D eigenvalue weighted by atomic mass is 10.2. The summed E-state index contributed by atoms with van der Waals surface area (Å²) in [4.78, 5) is 0. The van der Waals surface area contributed by atoms with Gasteiger partial charge < -0.3 is 19.5 Å². The number of alkyl halides is 3. The summed E-state index contributed by atoms with van der Waals surface area (Å²) in [6.07, 6.45) is -4.28. The molecule has 1 N–H and O–H groups in total. The van der Waals surface area contributed by atoms with Crippen LogP contribution in [0.3, 0.4) is 0 Å². The molecule has 0 aliphatic rings. The van der Waals surface area contributed by atoms with Crippen LogP contribution in [0.4, 0.5) is 13.2 Å². The minimum absolute atomic E-state index is 0.00814. The smallest absolute Gasteiger partial charge is 0.411 e. The summed E-state index contributed by atoms with van der Waals surface area (Å²) < 4.78 is 50.3. The Morgan fingerprint density at radius 2 is 1.90 bits per heavy atom. The fourth-order valence-electron chi connectivity index (χ4n) is 1.58. The van der Waals surface area contributed by atoms with Gasteiger partial charge in [-0.15, -0.1) is 0 Å². The molecule has 0 fully saturated rings. The van der Waals surface area contributed by atoms with E-state index in [-0.39, 0.29) is 6.61 Å². The molecule has 0 unspecified atom stereocenters. The Bertz CT molecular complexity index is 410. The topological polar surface area (TPSA) is 39.7 Å². The number of ether oxygens (including phenoxy) is 3. The highest BCUT2D eigenvalue weighted by Gasteiger charge is 2.27. The van der Waals surface area contributed by atoms with Gasteiger partial charge in [0.15, 0.2) is 0 Å². The molecule has 20 heavy (non-hydrogen) atoms. The second-order valence-electron chi connectivity index (χ2n) is 4.02. The van der Waals surface area contributed by atoms with Gasteiger partial charge in [0, 0.05) is 18.7 Å². The number of nitrogens with one attached hydrogen (secondary N) is 1. The minimum Gasteiger partial charge on any atom is -0.497 e. The minimum atomic E-state index is -4.28. The van der Waals surface area contributed by atoms with Gasteiger partial charge in [0.05, 0.1) is 20.8 Å². The maximum atomic E-state index is 11.8. The molecular weight excluding hydrogens is 275 g/mol. The molecule has 1 aromatic rings. The SMILES string of the molecule is COc1ccc(OC)c(CNCCOCC(F)(F)F)c1. The maximum absolute atomic E-state index is 11.8. The maximum Gasteiger partial charge on any atom is 0.411 e. The van der Waals surface area contributed by atoms with E-state index in [0.717, 1.165) is 5.56 Å². The Balaban J connectivity index is 2.34. The van der Waals surface area contributed by atoms with Crippen molar-refractivity contribution in [3.05, 3.63) is 23.8 Å². The van der Waals surface area contributed by atoms with Crippen LogP contribution in [0, 0.1) is 0 Å². The van der Waals surface area contributed by atoms with Crippen LogP contribution in [0.5, 0.6) is 11.5 Å². The predicted octanol–water partition coefficient (Wildman–Crippen LogP) is 2.37. The van der Waals surface area contributed by atoms with Gasteiger partial charge in [-0.2, -0.15) is 13.2 Å². The summed E-state index contributed by atoms with van der Waals surface area (Å²) in [6.45, 7) is -0.463. The summed E-state index contributed by atoms with van der Waals surface area (Å²) in [5.74, 6) is 1.38. The van der Waals surface area contributed by atoms with E-state index in [0.29, 0.717) is 24.6 Å². The molecule has 0 radical (unpaired) electrons. The van der Waals surface area contributed by atoms with Gasteiger partial charge in [-0.3, -0.25) is 0 Å². The Morgan fingerprint density at radius 1 is 1.15 bits per heavy atom. The van der Waals surface area contributed by atoms with Gasteiger partial charge in [-0.1, -0.05) is 0 Å². The van der Waals surface area contributed by atoms with Crippen LogP contribution >= 0.6 is 0 Å². The lowest BCUT2D eigenvalue weighted by molar-refractivity contribution is -0.173. The average molecular weight is 293 g/mol. The molecule has 0 atom stereocenters. The molecule has 0 spiro atoms. The molecule has 114 valence electrons. The molecule has 0 saturated carbocycles. The summed E-state index contributed by atoms with van der Waals surface area (Å²) in [5, 5.41) is 2.99. The van der Waals surface area contributed by atoms with E-state index < -0.39 is 12.8 Å². The number of methoxy groups -OCH3 is 2. The van der Waals surface area contributed by atoms with Crippen LogP contribution in [0.2, 0.25) is 0 Å². The number of halogens is 3. The molecule has 0 amide bonds. The highest BCUT2D eigenvalue weighted by atomic mass is 19.4. The van der Waals surface area contributed by atoms with E-state index in [1.807, 2.05) is 6.07 Å². The van der Waals surface area contributed by atoms with Gasteiger partial charge in [-0.05, 0) is 18.2 Å². The van der Waals surface area contributed by atoms with Gasteiger partial charge in [0.25, 0.3) is 0 Å². The fourth-order valence-corrected chi connectivity index (χ4v) is 1.58. The van der Waals surface area contributed by atoms with Crippen molar-refractivity contribution in [1.82, 2.24) is 5.32 Å². The van der Waals surface area contributed by atoms with Crippen LogP contribution in [-0.4, -0.2) is 40.2 Å². The van der Waals surface area contributed by atoms with Gasteiger partial charge >= 0.3 is 6.18 Å². The first-order valence-corrected chi connectivity index (χ1v) is 6.02. The number of hydrogen-bond donors (Lipinski definition) is 1. The van der Waals surface area contributed by atoms with Crippen molar-refractivity contribution in [1.29, 1.82) is 0 Å². The highest BCUT2D eigenvalue weighted by Crippen LogP contribution is 2.23. The van der Waals surface area contributed by atoms with E-state index in [4.69, 9.17) is 9.47 Å². The van der Waals surface area contributed by atoms with Crippen molar-refractivity contribution in [3.8, 4) is 11.5 Å². The normalized spacial score (nSPS) is 11.4. The third-order valence-corrected chi connectivity index (χ3v) is 2.49. The molecule has 1 rings (SSSR count). The standard InChI is InChI=1S/C13H18F3NO3/c1-18-11-3-4-12(19-2)10(7-11)8-17-5-6-20-9-13(14,15)16/h3-4,7,17H,5-6,8-9H2,1-2H3. The first kappa shape index (κ1) is 16.6.